The summed E-state index contributed by atoms with van der Waals surface area (Å²) in [5.41, 5.74) is 1.25. The van der Waals surface area contributed by atoms with Crippen molar-refractivity contribution in [2.75, 3.05) is 16.6 Å². The molecule has 3 N–H and O–H groups in total. The van der Waals surface area contributed by atoms with E-state index < -0.39 is 15.9 Å². The van der Waals surface area contributed by atoms with Crippen molar-refractivity contribution in [1.29, 1.82) is 0 Å². The second-order valence-corrected chi connectivity index (χ2v) is 9.79. The van der Waals surface area contributed by atoms with Gasteiger partial charge >= 0.3 is 0 Å². The highest BCUT2D eigenvalue weighted by atomic mass is 35.5. The van der Waals surface area contributed by atoms with Crippen LogP contribution in [0.15, 0.2) is 64.2 Å². The molecule has 0 fully saturated rings. The van der Waals surface area contributed by atoms with Crippen molar-refractivity contribution in [3.8, 4) is 0 Å². The molecule has 0 unspecified atom stereocenters. The molecule has 162 valence electrons. The molecule has 2 amide bonds. The Labute approximate surface area is 189 Å². The van der Waals surface area contributed by atoms with Crippen LogP contribution in [0.4, 0.5) is 11.4 Å². The van der Waals surface area contributed by atoms with E-state index >= 15 is 0 Å². The van der Waals surface area contributed by atoms with E-state index in [1.54, 1.807) is 35.7 Å². The van der Waals surface area contributed by atoms with E-state index in [0.717, 1.165) is 17.8 Å². The highest BCUT2D eigenvalue weighted by Gasteiger charge is 2.16. The molecule has 0 bridgehead atoms. The smallest absolute Gasteiger partial charge is 0.271 e. The van der Waals surface area contributed by atoms with Crippen molar-refractivity contribution < 1.29 is 18.0 Å². The van der Waals surface area contributed by atoms with Gasteiger partial charge in [-0.1, -0.05) is 30.7 Å². The number of sulfonamides is 1. The first kappa shape index (κ1) is 22.8. The molecule has 0 spiro atoms. The summed E-state index contributed by atoms with van der Waals surface area (Å²) in [5.74, 6) is -0.730. The molecule has 3 rings (SSSR count). The Balaban J connectivity index is 1.72. The van der Waals surface area contributed by atoms with Crippen LogP contribution in [-0.4, -0.2) is 26.8 Å². The van der Waals surface area contributed by atoms with Gasteiger partial charge < -0.3 is 10.6 Å². The predicted octanol–water partition coefficient (Wildman–Crippen LogP) is 4.59. The van der Waals surface area contributed by atoms with Crippen molar-refractivity contribution in [2.24, 2.45) is 0 Å². The number of carbonyl (C=O) groups excluding carboxylic acids is 2. The minimum atomic E-state index is -3.72. The van der Waals surface area contributed by atoms with E-state index in [1.807, 2.05) is 6.92 Å². The lowest BCUT2D eigenvalue weighted by Crippen LogP contribution is -2.24. The minimum absolute atomic E-state index is 0.181. The molecular formula is C21H20ClN3O4S2. The molecule has 1 aromatic heterocycles. The van der Waals surface area contributed by atoms with Crippen molar-refractivity contribution in [1.82, 2.24) is 5.32 Å². The van der Waals surface area contributed by atoms with Gasteiger partial charge in [0.15, 0.2) is 0 Å². The number of hydrogen-bond donors (Lipinski definition) is 3. The zero-order valence-electron chi connectivity index (χ0n) is 16.5. The SMILES string of the molecule is CCCNC(=O)c1ccc(NC(=O)c2cccc(NS(=O)(=O)c3cccs3)c2)cc1Cl. The second kappa shape index (κ2) is 9.95. The number of nitrogens with one attached hydrogen (secondary N) is 3. The third kappa shape index (κ3) is 5.84. The quantitative estimate of drug-likeness (QED) is 0.441. The van der Waals surface area contributed by atoms with E-state index in [9.17, 15) is 18.0 Å². The molecule has 1 heterocycles. The van der Waals surface area contributed by atoms with Gasteiger partial charge in [0.05, 0.1) is 10.6 Å². The number of amides is 2. The third-order valence-corrected chi connectivity index (χ3v) is 7.24. The summed E-state index contributed by atoms with van der Waals surface area (Å²) in [4.78, 5) is 24.7. The highest BCUT2D eigenvalue weighted by molar-refractivity contribution is 7.94. The van der Waals surface area contributed by atoms with E-state index in [1.165, 1.54) is 24.3 Å². The van der Waals surface area contributed by atoms with Crippen molar-refractivity contribution >= 4 is 56.2 Å². The average Bonchev–Trinajstić information content (AvgIpc) is 3.28. The summed E-state index contributed by atoms with van der Waals surface area (Å²) in [6.45, 7) is 2.49. The first-order valence-electron chi connectivity index (χ1n) is 9.35. The predicted molar refractivity (Wildman–Crippen MR) is 124 cm³/mol. The van der Waals surface area contributed by atoms with E-state index in [-0.39, 0.29) is 26.4 Å². The molecule has 0 atom stereocenters. The summed E-state index contributed by atoms with van der Waals surface area (Å²) in [5, 5.41) is 7.32. The Morgan fingerprint density at radius 2 is 1.81 bits per heavy atom. The fraction of sp³-hybridized carbons (Fsp3) is 0.143. The lowest BCUT2D eigenvalue weighted by molar-refractivity contribution is 0.0953. The average molecular weight is 478 g/mol. The van der Waals surface area contributed by atoms with Crippen LogP contribution < -0.4 is 15.4 Å². The van der Waals surface area contributed by atoms with Crippen molar-refractivity contribution in [3.05, 3.63) is 76.1 Å². The fourth-order valence-electron chi connectivity index (χ4n) is 2.66. The number of carbonyl (C=O) groups is 2. The third-order valence-electron chi connectivity index (χ3n) is 4.14. The lowest BCUT2D eigenvalue weighted by Gasteiger charge is -2.11. The molecule has 31 heavy (non-hydrogen) atoms. The maximum Gasteiger partial charge on any atom is 0.271 e. The van der Waals surface area contributed by atoms with Gasteiger partial charge in [0.2, 0.25) is 0 Å². The van der Waals surface area contributed by atoms with E-state index in [2.05, 4.69) is 15.4 Å². The normalized spacial score (nSPS) is 11.0. The Hall–Kier alpha value is -2.88. The van der Waals surface area contributed by atoms with Gasteiger partial charge in [-0.15, -0.1) is 11.3 Å². The number of hydrogen-bond acceptors (Lipinski definition) is 5. The molecule has 0 aliphatic heterocycles. The maximum atomic E-state index is 12.6. The molecule has 7 nitrogen and oxygen atoms in total. The largest absolute Gasteiger partial charge is 0.352 e. The van der Waals surface area contributed by atoms with Gasteiger partial charge in [0.25, 0.3) is 21.8 Å². The molecule has 0 aliphatic rings. The summed E-state index contributed by atoms with van der Waals surface area (Å²) < 4.78 is 27.4. The second-order valence-electron chi connectivity index (χ2n) is 6.52. The van der Waals surface area contributed by atoms with Crippen LogP contribution in [0.3, 0.4) is 0 Å². The molecule has 10 heteroatoms. The monoisotopic (exact) mass is 477 g/mol. The number of thiophene rings is 1. The van der Waals surface area contributed by atoms with Gasteiger partial charge in [0, 0.05) is 23.5 Å². The molecule has 0 radical (unpaired) electrons. The molecule has 0 saturated heterocycles. The van der Waals surface area contributed by atoms with Gasteiger partial charge in [0.1, 0.15) is 4.21 Å². The van der Waals surface area contributed by atoms with Gasteiger partial charge in [-0.05, 0) is 54.3 Å². The first-order chi connectivity index (χ1) is 14.8. The Morgan fingerprint density at radius 1 is 1.00 bits per heavy atom. The van der Waals surface area contributed by atoms with Crippen LogP contribution >= 0.6 is 22.9 Å². The van der Waals surface area contributed by atoms with Gasteiger partial charge in [-0.3, -0.25) is 14.3 Å². The molecular weight excluding hydrogens is 458 g/mol. The molecule has 0 aliphatic carbocycles. The summed E-state index contributed by atoms with van der Waals surface area (Å²) >= 11 is 7.29. The van der Waals surface area contributed by atoms with Crippen LogP contribution in [0.5, 0.6) is 0 Å². The number of benzene rings is 2. The molecule has 3 aromatic rings. The van der Waals surface area contributed by atoms with Crippen LogP contribution in [-0.2, 0) is 10.0 Å². The lowest BCUT2D eigenvalue weighted by atomic mass is 10.1. The fourth-order valence-corrected chi connectivity index (χ4v) is 4.97. The van der Waals surface area contributed by atoms with E-state index in [4.69, 9.17) is 11.6 Å². The standard InChI is InChI=1S/C21H20ClN3O4S2/c1-2-10-23-21(27)17-9-8-15(13-18(17)22)24-20(26)14-5-3-6-16(12-14)25-31(28,29)19-7-4-11-30-19/h3-9,11-13,25H,2,10H2,1H3,(H,23,27)(H,24,26). The van der Waals surface area contributed by atoms with Crippen molar-refractivity contribution in [2.45, 2.75) is 17.6 Å². The summed E-state index contributed by atoms with van der Waals surface area (Å²) in [6, 6.07) is 13.9. The molecule has 0 saturated carbocycles. The summed E-state index contributed by atoms with van der Waals surface area (Å²) in [6.07, 6.45) is 0.806. The Bertz CT molecular complexity index is 1200. The summed E-state index contributed by atoms with van der Waals surface area (Å²) in [7, 11) is -3.72. The van der Waals surface area contributed by atoms with Gasteiger partial charge in [-0.2, -0.15) is 0 Å². The molecule has 2 aromatic carbocycles. The number of anilines is 2. The van der Waals surface area contributed by atoms with Gasteiger partial charge in [-0.25, -0.2) is 8.42 Å². The first-order valence-corrected chi connectivity index (χ1v) is 12.1. The van der Waals surface area contributed by atoms with Crippen LogP contribution in [0.1, 0.15) is 34.1 Å². The zero-order valence-corrected chi connectivity index (χ0v) is 18.9. The zero-order chi connectivity index (χ0) is 22.4. The highest BCUT2D eigenvalue weighted by Crippen LogP contribution is 2.23. The maximum absolute atomic E-state index is 12.6. The number of rotatable bonds is 8. The van der Waals surface area contributed by atoms with Crippen molar-refractivity contribution in [3.63, 3.8) is 0 Å². The van der Waals surface area contributed by atoms with Crippen LogP contribution in [0.25, 0.3) is 0 Å². The van der Waals surface area contributed by atoms with E-state index in [0.29, 0.717) is 17.8 Å². The van der Waals surface area contributed by atoms with Crippen LogP contribution in [0, 0.1) is 0 Å². The van der Waals surface area contributed by atoms with Crippen LogP contribution in [0.2, 0.25) is 5.02 Å². The topological polar surface area (TPSA) is 104 Å². The number of halogens is 1. The Morgan fingerprint density at radius 3 is 2.48 bits per heavy atom. The Kier molecular flexibility index (Phi) is 7.32. The minimum Gasteiger partial charge on any atom is -0.352 e.